The normalized spacial score (nSPS) is 26.0. The number of carbonyl (C=O) groups is 2. The van der Waals surface area contributed by atoms with Gasteiger partial charge in [-0.15, -0.1) is 0 Å². The Kier molecular flexibility index (Phi) is 4.98. The van der Waals surface area contributed by atoms with E-state index in [1.54, 1.807) is 0 Å². The van der Waals surface area contributed by atoms with Crippen LogP contribution in [0.15, 0.2) is 40.5 Å². The maximum absolute atomic E-state index is 13.1. The monoisotopic (exact) mass is 365 g/mol. The Morgan fingerprint density at radius 2 is 1.70 bits per heavy atom. The van der Waals surface area contributed by atoms with Crippen LogP contribution in [0, 0.1) is 12.8 Å². The fourth-order valence-corrected chi connectivity index (χ4v) is 4.74. The summed E-state index contributed by atoms with van der Waals surface area (Å²) in [5, 5.41) is 0. The van der Waals surface area contributed by atoms with Gasteiger partial charge in [0, 0.05) is 23.7 Å². The number of fused-ring (bicyclic) bond motifs is 1. The zero-order valence-corrected chi connectivity index (χ0v) is 16.2. The van der Waals surface area contributed by atoms with Crippen LogP contribution < -0.4 is 0 Å². The second-order valence-electron chi connectivity index (χ2n) is 8.10. The van der Waals surface area contributed by atoms with Gasteiger partial charge < -0.3 is 4.74 Å². The summed E-state index contributed by atoms with van der Waals surface area (Å²) in [6.45, 7) is 3.92. The van der Waals surface area contributed by atoms with Gasteiger partial charge in [0.1, 0.15) is 11.9 Å². The van der Waals surface area contributed by atoms with Gasteiger partial charge in [0.05, 0.1) is 11.5 Å². The number of ether oxygens (including phenoxy) is 1. The first-order valence-electron chi connectivity index (χ1n) is 10.1. The highest BCUT2D eigenvalue weighted by atomic mass is 16.5. The van der Waals surface area contributed by atoms with Gasteiger partial charge in [0.25, 0.3) is 0 Å². The number of aryl methyl sites for hydroxylation is 1. The molecule has 2 fully saturated rings. The predicted molar refractivity (Wildman–Crippen MR) is 105 cm³/mol. The predicted octanol–water partition coefficient (Wildman–Crippen LogP) is 4.66. The molecule has 1 aromatic carbocycles. The number of Topliss-reactive ketones (excluding diaryl/α,β-unsaturated/α-hetero) is 1. The van der Waals surface area contributed by atoms with Crippen molar-refractivity contribution in [1.82, 2.24) is 0 Å². The number of nitrogens with zero attached hydrogens (tertiary/aromatic N) is 1. The first-order valence-corrected chi connectivity index (χ1v) is 10.1. The molecule has 0 saturated heterocycles. The first kappa shape index (κ1) is 18.1. The first-order chi connectivity index (χ1) is 13.0. The quantitative estimate of drug-likeness (QED) is 0.732. The molecule has 3 aliphatic rings. The van der Waals surface area contributed by atoms with Crippen LogP contribution in [-0.4, -0.2) is 23.6 Å². The third-order valence-electron chi connectivity index (χ3n) is 6.14. The van der Waals surface area contributed by atoms with Gasteiger partial charge in [0.15, 0.2) is 0 Å². The van der Waals surface area contributed by atoms with Crippen LogP contribution in [0.4, 0.5) is 0 Å². The Morgan fingerprint density at radius 3 is 2.41 bits per heavy atom. The molecule has 1 aromatic rings. The highest BCUT2D eigenvalue weighted by Crippen LogP contribution is 2.43. The summed E-state index contributed by atoms with van der Waals surface area (Å²) in [6, 6.07) is 8.18. The summed E-state index contributed by atoms with van der Waals surface area (Å²) in [7, 11) is 0. The molecule has 2 saturated carbocycles. The van der Waals surface area contributed by atoms with Crippen molar-refractivity contribution < 1.29 is 14.3 Å². The van der Waals surface area contributed by atoms with E-state index in [0.717, 1.165) is 55.4 Å². The molecule has 2 aliphatic carbocycles. The molecule has 1 aliphatic heterocycles. The van der Waals surface area contributed by atoms with E-state index < -0.39 is 0 Å². The molecule has 0 radical (unpaired) electrons. The number of ketones is 1. The fourth-order valence-electron chi connectivity index (χ4n) is 4.74. The lowest BCUT2D eigenvalue weighted by Crippen LogP contribution is -2.39. The number of rotatable bonds is 3. The molecule has 142 valence electrons. The van der Waals surface area contributed by atoms with Gasteiger partial charge in [0.2, 0.25) is 0 Å². The van der Waals surface area contributed by atoms with Crippen LogP contribution in [0.5, 0.6) is 0 Å². The zero-order chi connectivity index (χ0) is 19.0. The highest BCUT2D eigenvalue weighted by Gasteiger charge is 2.44. The largest absolute Gasteiger partial charge is 0.459 e. The maximum Gasteiger partial charge on any atom is 0.336 e. The van der Waals surface area contributed by atoms with Crippen LogP contribution in [0.2, 0.25) is 0 Å². The Morgan fingerprint density at radius 1 is 1.00 bits per heavy atom. The molecule has 2 atom stereocenters. The van der Waals surface area contributed by atoms with Crippen molar-refractivity contribution in [3.8, 4) is 0 Å². The van der Waals surface area contributed by atoms with Crippen LogP contribution in [0.25, 0.3) is 0 Å². The van der Waals surface area contributed by atoms with E-state index in [1.165, 1.54) is 0 Å². The van der Waals surface area contributed by atoms with E-state index in [0.29, 0.717) is 17.7 Å². The van der Waals surface area contributed by atoms with Crippen molar-refractivity contribution in [2.75, 3.05) is 0 Å². The van der Waals surface area contributed by atoms with Gasteiger partial charge in [-0.1, -0.05) is 29.8 Å². The van der Waals surface area contributed by atoms with E-state index in [9.17, 15) is 9.59 Å². The standard InChI is InChI=1S/C23H27NO3/c1-14-10-12-16(13-11-14)21-20(23(26)27-17-6-3-4-7-17)15(2)24-18-8-5-9-19(25)22(18)21/h10-13,17,21-22H,3-9H2,1-2H3/t21-,22?/m0/s1. The third kappa shape index (κ3) is 3.50. The second-order valence-corrected chi connectivity index (χ2v) is 8.10. The molecular weight excluding hydrogens is 338 g/mol. The molecule has 1 heterocycles. The minimum atomic E-state index is -0.323. The van der Waals surface area contributed by atoms with Gasteiger partial charge in [-0.3, -0.25) is 9.79 Å². The Labute approximate surface area is 160 Å². The number of hydrogen-bond donors (Lipinski definition) is 0. The molecule has 27 heavy (non-hydrogen) atoms. The number of benzene rings is 1. The van der Waals surface area contributed by atoms with Gasteiger partial charge in [-0.25, -0.2) is 4.79 Å². The molecule has 4 nitrogen and oxygen atoms in total. The Bertz CT molecular complexity index is 813. The van der Waals surface area contributed by atoms with Crippen molar-refractivity contribution in [2.24, 2.45) is 10.9 Å². The molecule has 4 heteroatoms. The average molecular weight is 365 g/mol. The third-order valence-corrected chi connectivity index (χ3v) is 6.14. The van der Waals surface area contributed by atoms with E-state index in [4.69, 9.17) is 9.73 Å². The number of esters is 1. The van der Waals surface area contributed by atoms with E-state index >= 15 is 0 Å². The average Bonchev–Trinajstić information content (AvgIpc) is 3.14. The molecule has 0 aromatic heterocycles. The van der Waals surface area contributed by atoms with Crippen LogP contribution >= 0.6 is 0 Å². The van der Waals surface area contributed by atoms with E-state index in [2.05, 4.69) is 0 Å². The lowest BCUT2D eigenvalue weighted by Gasteiger charge is -2.36. The van der Waals surface area contributed by atoms with E-state index in [1.807, 2.05) is 38.1 Å². The van der Waals surface area contributed by atoms with Crippen LogP contribution in [-0.2, 0) is 14.3 Å². The van der Waals surface area contributed by atoms with Crippen molar-refractivity contribution in [3.05, 3.63) is 46.7 Å². The lowest BCUT2D eigenvalue weighted by atomic mass is 9.69. The summed E-state index contributed by atoms with van der Waals surface area (Å²) in [4.78, 5) is 30.7. The van der Waals surface area contributed by atoms with Crippen LogP contribution in [0.1, 0.15) is 68.9 Å². The fraction of sp³-hybridized carbons (Fsp3) is 0.522. The van der Waals surface area contributed by atoms with Crippen molar-refractivity contribution in [1.29, 1.82) is 0 Å². The summed E-state index contributed by atoms with van der Waals surface area (Å²) in [5.74, 6) is -0.688. The summed E-state index contributed by atoms with van der Waals surface area (Å²) in [6.07, 6.45) is 6.35. The smallest absolute Gasteiger partial charge is 0.336 e. The molecule has 0 amide bonds. The van der Waals surface area contributed by atoms with Crippen LogP contribution in [0.3, 0.4) is 0 Å². The minimum Gasteiger partial charge on any atom is -0.459 e. The number of hydrogen-bond acceptors (Lipinski definition) is 4. The molecule has 0 spiro atoms. The van der Waals surface area contributed by atoms with Gasteiger partial charge in [-0.05, 0) is 57.9 Å². The number of allylic oxidation sites excluding steroid dienone is 1. The summed E-state index contributed by atoms with van der Waals surface area (Å²) < 4.78 is 5.83. The van der Waals surface area contributed by atoms with Gasteiger partial charge >= 0.3 is 5.97 Å². The summed E-state index contributed by atoms with van der Waals surface area (Å²) >= 11 is 0. The Hall–Kier alpha value is -2.23. The second kappa shape index (κ2) is 7.41. The molecule has 0 N–H and O–H groups in total. The minimum absolute atomic E-state index is 0.00361. The Balaban J connectivity index is 1.75. The maximum atomic E-state index is 13.1. The van der Waals surface area contributed by atoms with Gasteiger partial charge in [-0.2, -0.15) is 0 Å². The summed E-state index contributed by atoms with van der Waals surface area (Å²) in [5.41, 5.74) is 4.39. The van der Waals surface area contributed by atoms with Crippen molar-refractivity contribution in [3.63, 3.8) is 0 Å². The number of aliphatic imine (C=N–C) groups is 1. The molecule has 1 unspecified atom stereocenters. The zero-order valence-electron chi connectivity index (χ0n) is 16.2. The molecule has 4 rings (SSSR count). The molecular formula is C23H27NO3. The lowest BCUT2D eigenvalue weighted by molar-refractivity contribution is -0.144. The van der Waals surface area contributed by atoms with Crippen molar-refractivity contribution in [2.45, 2.75) is 70.8 Å². The van der Waals surface area contributed by atoms with Crippen molar-refractivity contribution >= 4 is 17.5 Å². The topological polar surface area (TPSA) is 55.7 Å². The molecule has 0 bridgehead atoms. The number of carbonyl (C=O) groups excluding carboxylic acids is 2. The SMILES string of the molecule is CC1=C(C(=O)OC2CCCC2)[C@H](c2ccc(C)cc2)C2C(=O)CCCC2=N1. The highest BCUT2D eigenvalue weighted by molar-refractivity contribution is 6.11. The van der Waals surface area contributed by atoms with E-state index in [-0.39, 0.29) is 29.7 Å².